The van der Waals surface area contributed by atoms with Crippen molar-refractivity contribution < 1.29 is 9.18 Å². The zero-order valence-corrected chi connectivity index (χ0v) is 10.2. The van der Waals surface area contributed by atoms with Gasteiger partial charge < -0.3 is 5.32 Å². The number of nitrogens with one attached hydrogen (secondary N) is 2. The van der Waals surface area contributed by atoms with Crippen LogP contribution in [0.4, 0.5) is 9.52 Å². The smallest absolute Gasteiger partial charge is 0.230 e. The first-order valence-electron chi connectivity index (χ1n) is 4.73. The Balaban J connectivity index is 1.97. The predicted molar refractivity (Wildman–Crippen MR) is 66.0 cm³/mol. The van der Waals surface area contributed by atoms with Crippen LogP contribution < -0.4 is 5.32 Å². The fraction of sp³-hybridized carbons (Fsp3) is 0.100. The molecule has 17 heavy (non-hydrogen) atoms. The summed E-state index contributed by atoms with van der Waals surface area (Å²) in [4.78, 5) is 11.6. The molecule has 0 saturated carbocycles. The summed E-state index contributed by atoms with van der Waals surface area (Å²) in [6, 6.07) is 5.78. The maximum Gasteiger partial charge on any atom is 0.230 e. The largest absolute Gasteiger partial charge is 0.300 e. The van der Waals surface area contributed by atoms with Crippen LogP contribution in [0.5, 0.6) is 0 Å². The van der Waals surface area contributed by atoms with Crippen molar-refractivity contribution in [3.8, 4) is 0 Å². The molecule has 1 heterocycles. The molecule has 2 aromatic rings. The number of benzene rings is 1. The average molecular weight is 269 g/mol. The Morgan fingerprint density at radius 2 is 2.18 bits per heavy atom. The summed E-state index contributed by atoms with van der Waals surface area (Å²) in [6.07, 6.45) is 0.173. The van der Waals surface area contributed by atoms with Crippen LogP contribution in [-0.2, 0) is 11.2 Å². The van der Waals surface area contributed by atoms with Gasteiger partial charge in [-0.3, -0.25) is 9.89 Å². The number of carbonyl (C=O) groups excluding carboxylic acids is 1. The van der Waals surface area contributed by atoms with Crippen LogP contribution >= 0.6 is 23.6 Å². The maximum atomic E-state index is 12.6. The Kier molecular flexibility index (Phi) is 3.60. The van der Waals surface area contributed by atoms with E-state index in [1.165, 1.54) is 23.5 Å². The number of halogens is 1. The molecule has 2 rings (SSSR count). The topological polar surface area (TPSA) is 57.8 Å². The molecular formula is C10H8FN3OS2. The molecular weight excluding hydrogens is 261 g/mol. The number of aromatic nitrogens is 2. The van der Waals surface area contributed by atoms with E-state index >= 15 is 0 Å². The fourth-order valence-corrected chi connectivity index (χ4v) is 2.04. The molecule has 88 valence electrons. The second kappa shape index (κ2) is 5.15. The normalized spacial score (nSPS) is 10.2. The number of rotatable bonds is 3. The highest BCUT2D eigenvalue weighted by molar-refractivity contribution is 7.73. The zero-order chi connectivity index (χ0) is 12.3. The minimum absolute atomic E-state index is 0.173. The van der Waals surface area contributed by atoms with Gasteiger partial charge in [0.1, 0.15) is 5.82 Å². The lowest BCUT2D eigenvalue weighted by Gasteiger charge is -2.01. The van der Waals surface area contributed by atoms with Gasteiger partial charge in [-0.2, -0.15) is 0 Å². The van der Waals surface area contributed by atoms with Gasteiger partial charge in [-0.15, -0.1) is 5.10 Å². The summed E-state index contributed by atoms with van der Waals surface area (Å²) in [5.74, 6) is -0.534. The van der Waals surface area contributed by atoms with Gasteiger partial charge in [0.05, 0.1) is 6.42 Å². The number of carbonyl (C=O) groups is 1. The number of nitrogens with zero attached hydrogens (tertiary/aromatic N) is 1. The average Bonchev–Trinajstić information content (AvgIpc) is 2.67. The van der Waals surface area contributed by atoms with E-state index in [0.29, 0.717) is 9.09 Å². The van der Waals surface area contributed by atoms with E-state index < -0.39 is 0 Å². The van der Waals surface area contributed by atoms with E-state index in [2.05, 4.69) is 15.5 Å². The predicted octanol–water partition coefficient (Wildman–Crippen LogP) is 2.52. The van der Waals surface area contributed by atoms with Crippen molar-refractivity contribution in [2.24, 2.45) is 0 Å². The number of hydrogen-bond acceptors (Lipinski definition) is 4. The van der Waals surface area contributed by atoms with Crippen molar-refractivity contribution in [3.63, 3.8) is 0 Å². The molecule has 0 unspecified atom stereocenters. The highest BCUT2D eigenvalue weighted by Gasteiger charge is 2.06. The fourth-order valence-electron chi connectivity index (χ4n) is 1.23. The van der Waals surface area contributed by atoms with Crippen molar-refractivity contribution in [1.29, 1.82) is 0 Å². The Morgan fingerprint density at radius 1 is 1.47 bits per heavy atom. The van der Waals surface area contributed by atoms with Crippen LogP contribution in [0, 0.1) is 9.77 Å². The highest BCUT2D eigenvalue weighted by atomic mass is 32.1. The molecule has 0 aliphatic rings. The van der Waals surface area contributed by atoms with Gasteiger partial charge in [0, 0.05) is 0 Å². The monoisotopic (exact) mass is 269 g/mol. The molecule has 0 atom stereocenters. The first-order valence-corrected chi connectivity index (χ1v) is 5.96. The minimum atomic E-state index is -0.320. The quantitative estimate of drug-likeness (QED) is 0.842. The first kappa shape index (κ1) is 11.9. The lowest BCUT2D eigenvalue weighted by atomic mass is 10.1. The summed E-state index contributed by atoms with van der Waals surface area (Å²) < 4.78 is 13.2. The molecule has 0 radical (unpaired) electrons. The number of hydrogen-bond donors (Lipinski definition) is 2. The molecule has 1 aromatic heterocycles. The van der Waals surface area contributed by atoms with Crippen molar-refractivity contribution in [2.45, 2.75) is 6.42 Å². The second-order valence-electron chi connectivity index (χ2n) is 3.27. The van der Waals surface area contributed by atoms with E-state index in [1.54, 1.807) is 12.1 Å². The van der Waals surface area contributed by atoms with Gasteiger partial charge in [0.25, 0.3) is 0 Å². The van der Waals surface area contributed by atoms with Crippen molar-refractivity contribution in [2.75, 3.05) is 5.32 Å². The maximum absolute atomic E-state index is 12.6. The number of anilines is 1. The lowest BCUT2D eigenvalue weighted by molar-refractivity contribution is -0.115. The highest BCUT2D eigenvalue weighted by Crippen LogP contribution is 2.11. The van der Waals surface area contributed by atoms with Crippen molar-refractivity contribution in [1.82, 2.24) is 10.2 Å². The summed E-state index contributed by atoms with van der Waals surface area (Å²) in [5.41, 5.74) is 0.739. The van der Waals surface area contributed by atoms with Gasteiger partial charge in [-0.25, -0.2) is 4.39 Å². The van der Waals surface area contributed by atoms with Crippen LogP contribution in [0.1, 0.15) is 5.56 Å². The third-order valence-electron chi connectivity index (χ3n) is 1.96. The third-order valence-corrected chi connectivity index (χ3v) is 2.97. The number of H-pyrrole nitrogens is 1. The summed E-state index contributed by atoms with van der Waals surface area (Å²) in [5, 5.41) is 9.41. The summed E-state index contributed by atoms with van der Waals surface area (Å²) >= 11 is 6.02. The molecule has 1 aromatic carbocycles. The molecule has 0 bridgehead atoms. The van der Waals surface area contributed by atoms with E-state index in [1.807, 2.05) is 0 Å². The molecule has 0 spiro atoms. The molecule has 0 saturated heterocycles. The Morgan fingerprint density at radius 3 is 2.76 bits per heavy atom. The zero-order valence-electron chi connectivity index (χ0n) is 8.57. The minimum Gasteiger partial charge on any atom is -0.300 e. The van der Waals surface area contributed by atoms with Crippen molar-refractivity contribution in [3.05, 3.63) is 39.6 Å². The summed E-state index contributed by atoms with van der Waals surface area (Å²) in [6.45, 7) is 0. The van der Waals surface area contributed by atoms with Crippen LogP contribution in [0.2, 0.25) is 0 Å². The molecule has 2 N–H and O–H groups in total. The Bertz CT molecular complexity index is 576. The van der Waals surface area contributed by atoms with Gasteiger partial charge in [0.2, 0.25) is 11.0 Å². The number of amides is 1. The van der Waals surface area contributed by atoms with Gasteiger partial charge in [0.15, 0.2) is 3.95 Å². The standard InChI is InChI=1S/C10H8FN3OS2/c11-7-3-1-6(2-4-7)5-8(15)12-9-13-14-10(16)17-9/h1-4H,5H2,(H,14,16)(H,12,13,15). The van der Waals surface area contributed by atoms with Gasteiger partial charge >= 0.3 is 0 Å². The van der Waals surface area contributed by atoms with Crippen LogP contribution in [-0.4, -0.2) is 16.1 Å². The molecule has 0 aliphatic carbocycles. The Labute approximate surface area is 106 Å². The molecule has 7 heteroatoms. The Hall–Kier alpha value is -1.60. The van der Waals surface area contributed by atoms with E-state index in [-0.39, 0.29) is 18.1 Å². The van der Waals surface area contributed by atoms with Crippen LogP contribution in [0.25, 0.3) is 0 Å². The summed E-state index contributed by atoms with van der Waals surface area (Å²) in [7, 11) is 0. The lowest BCUT2D eigenvalue weighted by Crippen LogP contribution is -2.14. The second-order valence-corrected chi connectivity index (χ2v) is 4.94. The third kappa shape index (κ3) is 3.43. The molecule has 0 aliphatic heterocycles. The SMILES string of the molecule is O=C(Cc1ccc(F)cc1)Nc1n[nH]c(=S)s1. The molecule has 0 fully saturated rings. The van der Waals surface area contributed by atoms with Crippen LogP contribution in [0.3, 0.4) is 0 Å². The first-order chi connectivity index (χ1) is 8.13. The van der Waals surface area contributed by atoms with E-state index in [4.69, 9.17) is 12.2 Å². The number of aromatic amines is 1. The van der Waals surface area contributed by atoms with Gasteiger partial charge in [-0.05, 0) is 29.9 Å². The van der Waals surface area contributed by atoms with Crippen LogP contribution in [0.15, 0.2) is 24.3 Å². The van der Waals surface area contributed by atoms with E-state index in [0.717, 1.165) is 5.56 Å². The van der Waals surface area contributed by atoms with Gasteiger partial charge in [-0.1, -0.05) is 23.5 Å². The molecule has 4 nitrogen and oxygen atoms in total. The van der Waals surface area contributed by atoms with E-state index in [9.17, 15) is 9.18 Å². The molecule has 1 amide bonds. The van der Waals surface area contributed by atoms with Crippen molar-refractivity contribution >= 4 is 34.6 Å².